The van der Waals surface area contributed by atoms with Crippen LogP contribution in [-0.4, -0.2) is 9.97 Å². The minimum atomic E-state index is 0.814. The van der Waals surface area contributed by atoms with Gasteiger partial charge in [0.2, 0.25) is 0 Å². The van der Waals surface area contributed by atoms with Gasteiger partial charge in [-0.2, -0.15) is 0 Å². The van der Waals surface area contributed by atoms with Crippen molar-refractivity contribution in [2.45, 2.75) is 17.8 Å². The topological polar surface area (TPSA) is 25.8 Å². The van der Waals surface area contributed by atoms with Crippen molar-refractivity contribution >= 4 is 35.3 Å². The molecule has 2 aromatic heterocycles. The summed E-state index contributed by atoms with van der Waals surface area (Å²) in [5.41, 5.74) is 3.53. The van der Waals surface area contributed by atoms with Crippen LogP contribution >= 0.6 is 23.1 Å². The van der Waals surface area contributed by atoms with Gasteiger partial charge in [0.05, 0.1) is 5.69 Å². The summed E-state index contributed by atoms with van der Waals surface area (Å²) in [6.07, 6.45) is 5.99. The monoisotopic (exact) mass is 324 g/mol. The Morgan fingerprint density at radius 2 is 1.95 bits per heavy atom. The molecule has 22 heavy (non-hydrogen) atoms. The first-order valence-electron chi connectivity index (χ1n) is 7.03. The Labute approximate surface area is 139 Å². The second-order valence-electron chi connectivity index (χ2n) is 4.84. The molecule has 0 aliphatic rings. The Hall–Kier alpha value is -1.91. The molecule has 0 aliphatic heterocycles. The van der Waals surface area contributed by atoms with Crippen molar-refractivity contribution in [3.05, 3.63) is 75.7 Å². The molecule has 0 unspecified atom stereocenters. The summed E-state index contributed by atoms with van der Waals surface area (Å²) in [6.45, 7) is 2.12. The lowest BCUT2D eigenvalue weighted by atomic mass is 10.2. The Balaban J connectivity index is 1.67. The number of hydrogen-bond acceptors (Lipinski definition) is 4. The highest BCUT2D eigenvalue weighted by Gasteiger charge is 2.00. The van der Waals surface area contributed by atoms with E-state index in [0.717, 1.165) is 16.6 Å². The maximum atomic E-state index is 4.59. The standard InChI is InChI=1S/C18H16N2S2/c1-14-10-12-21-17(14)8-7-16-9-11-19-18(20-16)22-13-15-5-3-2-4-6-15/h2-12H,13H2,1H3. The molecule has 2 heterocycles. The molecule has 3 rings (SSSR count). The van der Waals surface area contributed by atoms with Crippen molar-refractivity contribution in [2.75, 3.05) is 0 Å². The van der Waals surface area contributed by atoms with E-state index in [1.165, 1.54) is 16.0 Å². The molecule has 0 spiro atoms. The van der Waals surface area contributed by atoms with E-state index in [-0.39, 0.29) is 0 Å². The minimum absolute atomic E-state index is 0.814. The van der Waals surface area contributed by atoms with Crippen molar-refractivity contribution in [2.24, 2.45) is 0 Å². The molecule has 1 aromatic carbocycles. The van der Waals surface area contributed by atoms with Crippen LogP contribution in [0.1, 0.15) is 21.7 Å². The molecule has 0 saturated heterocycles. The maximum Gasteiger partial charge on any atom is 0.188 e. The van der Waals surface area contributed by atoms with E-state index in [1.54, 1.807) is 23.1 Å². The first kappa shape index (κ1) is 15.0. The van der Waals surface area contributed by atoms with Gasteiger partial charge in [-0.1, -0.05) is 42.1 Å². The number of aromatic nitrogens is 2. The molecule has 0 atom stereocenters. The number of thioether (sulfide) groups is 1. The molecule has 110 valence electrons. The van der Waals surface area contributed by atoms with Gasteiger partial charge in [0.1, 0.15) is 0 Å². The SMILES string of the molecule is Cc1ccsc1C=Cc1ccnc(SCc2ccccc2)n1. The molecule has 0 bridgehead atoms. The van der Waals surface area contributed by atoms with Crippen LogP contribution in [0, 0.1) is 6.92 Å². The molecule has 0 N–H and O–H groups in total. The van der Waals surface area contributed by atoms with Crippen LogP contribution in [0.15, 0.2) is 59.2 Å². The lowest BCUT2D eigenvalue weighted by Crippen LogP contribution is -1.89. The molecule has 4 heteroatoms. The zero-order valence-electron chi connectivity index (χ0n) is 12.3. The van der Waals surface area contributed by atoms with Gasteiger partial charge in [-0.05, 0) is 47.7 Å². The maximum absolute atomic E-state index is 4.59. The summed E-state index contributed by atoms with van der Waals surface area (Å²) in [5, 5.41) is 2.92. The fraction of sp³-hybridized carbons (Fsp3) is 0.111. The summed E-state index contributed by atoms with van der Waals surface area (Å²) in [6, 6.07) is 14.4. The first-order valence-corrected chi connectivity index (χ1v) is 8.90. The highest BCUT2D eigenvalue weighted by atomic mass is 32.2. The van der Waals surface area contributed by atoms with Crippen LogP contribution in [0.2, 0.25) is 0 Å². The van der Waals surface area contributed by atoms with Crippen molar-refractivity contribution in [3.63, 3.8) is 0 Å². The first-order chi connectivity index (χ1) is 10.8. The quantitative estimate of drug-likeness (QED) is 0.470. The Morgan fingerprint density at radius 3 is 2.73 bits per heavy atom. The van der Waals surface area contributed by atoms with E-state index in [4.69, 9.17) is 0 Å². The highest BCUT2D eigenvalue weighted by molar-refractivity contribution is 7.98. The van der Waals surface area contributed by atoms with E-state index < -0.39 is 0 Å². The summed E-state index contributed by atoms with van der Waals surface area (Å²) in [5.74, 6) is 0.887. The predicted octanol–water partition coefficient (Wildman–Crippen LogP) is 5.31. The molecule has 0 radical (unpaired) electrons. The molecular formula is C18H16N2S2. The summed E-state index contributed by atoms with van der Waals surface area (Å²) < 4.78 is 0. The third kappa shape index (κ3) is 4.06. The van der Waals surface area contributed by atoms with Crippen molar-refractivity contribution in [1.29, 1.82) is 0 Å². The van der Waals surface area contributed by atoms with Crippen LogP contribution in [0.4, 0.5) is 0 Å². The fourth-order valence-electron chi connectivity index (χ4n) is 1.95. The summed E-state index contributed by atoms with van der Waals surface area (Å²) >= 11 is 3.41. The smallest absolute Gasteiger partial charge is 0.188 e. The van der Waals surface area contributed by atoms with Crippen LogP contribution in [0.25, 0.3) is 12.2 Å². The molecule has 0 amide bonds. The van der Waals surface area contributed by atoms with Gasteiger partial charge in [-0.25, -0.2) is 9.97 Å². The van der Waals surface area contributed by atoms with Gasteiger partial charge in [0.25, 0.3) is 0 Å². The largest absolute Gasteiger partial charge is 0.231 e. The Morgan fingerprint density at radius 1 is 1.09 bits per heavy atom. The van der Waals surface area contributed by atoms with E-state index >= 15 is 0 Å². The van der Waals surface area contributed by atoms with Gasteiger partial charge in [0, 0.05) is 16.8 Å². The molecule has 0 aliphatic carbocycles. The lowest BCUT2D eigenvalue weighted by molar-refractivity contribution is 0.957. The van der Waals surface area contributed by atoms with E-state index in [9.17, 15) is 0 Å². The second kappa shape index (κ2) is 7.38. The predicted molar refractivity (Wildman–Crippen MR) is 96.0 cm³/mol. The molecule has 0 fully saturated rings. The third-order valence-electron chi connectivity index (χ3n) is 3.17. The van der Waals surface area contributed by atoms with Gasteiger partial charge >= 0.3 is 0 Å². The van der Waals surface area contributed by atoms with Gasteiger partial charge in [-0.3, -0.25) is 0 Å². The van der Waals surface area contributed by atoms with E-state index in [1.807, 2.05) is 24.4 Å². The van der Waals surface area contributed by atoms with Gasteiger partial charge in [0.15, 0.2) is 5.16 Å². The van der Waals surface area contributed by atoms with Crippen LogP contribution in [0.5, 0.6) is 0 Å². The van der Waals surface area contributed by atoms with E-state index in [0.29, 0.717) is 0 Å². The average molecular weight is 324 g/mol. The van der Waals surface area contributed by atoms with E-state index in [2.05, 4.69) is 58.7 Å². The minimum Gasteiger partial charge on any atom is -0.231 e. The summed E-state index contributed by atoms with van der Waals surface area (Å²) in [4.78, 5) is 10.2. The third-order valence-corrected chi connectivity index (χ3v) is 5.09. The number of aryl methyl sites for hydroxylation is 1. The van der Waals surface area contributed by atoms with Crippen molar-refractivity contribution in [1.82, 2.24) is 9.97 Å². The fourth-order valence-corrected chi connectivity index (χ4v) is 3.57. The van der Waals surface area contributed by atoms with Crippen LogP contribution in [0.3, 0.4) is 0 Å². The number of benzene rings is 1. The Bertz CT molecular complexity index is 764. The van der Waals surface area contributed by atoms with Crippen molar-refractivity contribution in [3.8, 4) is 0 Å². The summed E-state index contributed by atoms with van der Waals surface area (Å²) in [7, 11) is 0. The highest BCUT2D eigenvalue weighted by Crippen LogP contribution is 2.21. The van der Waals surface area contributed by atoms with Crippen molar-refractivity contribution < 1.29 is 0 Å². The Kier molecular flexibility index (Phi) is 5.03. The number of thiophene rings is 1. The lowest BCUT2D eigenvalue weighted by Gasteiger charge is -2.01. The molecule has 3 aromatic rings. The number of rotatable bonds is 5. The van der Waals surface area contributed by atoms with Crippen LogP contribution < -0.4 is 0 Å². The molecule has 2 nitrogen and oxygen atoms in total. The van der Waals surface area contributed by atoms with Gasteiger partial charge < -0.3 is 0 Å². The molecule has 0 saturated carbocycles. The normalized spacial score (nSPS) is 11.1. The van der Waals surface area contributed by atoms with Crippen LogP contribution in [-0.2, 0) is 5.75 Å². The van der Waals surface area contributed by atoms with Gasteiger partial charge in [-0.15, -0.1) is 11.3 Å². The number of hydrogen-bond donors (Lipinski definition) is 0. The zero-order chi connectivity index (χ0) is 15.2. The average Bonchev–Trinajstić information content (AvgIpc) is 2.98. The molecular weight excluding hydrogens is 308 g/mol. The number of nitrogens with zero attached hydrogens (tertiary/aromatic N) is 2. The second-order valence-corrected chi connectivity index (χ2v) is 6.73. The zero-order valence-corrected chi connectivity index (χ0v) is 13.9.